The summed E-state index contributed by atoms with van der Waals surface area (Å²) < 4.78 is 50.1. The number of ether oxygens (including phenoxy) is 2. The summed E-state index contributed by atoms with van der Waals surface area (Å²) in [5.41, 5.74) is 0.509. The molecule has 0 spiro atoms. The number of sulfone groups is 1. The number of fused-ring (bicyclic) bond motifs is 1. The summed E-state index contributed by atoms with van der Waals surface area (Å²) in [7, 11) is -1.00. The molecule has 0 radical (unpaired) electrons. The Morgan fingerprint density at radius 1 is 1.13 bits per heavy atom. The largest absolute Gasteiger partial charge is 0.497 e. The Balaban J connectivity index is 1.85. The minimum absolute atomic E-state index is 0.0687. The van der Waals surface area contributed by atoms with Crippen molar-refractivity contribution in [3.8, 4) is 5.75 Å². The molecule has 1 aromatic heterocycles. The van der Waals surface area contributed by atoms with Crippen LogP contribution in [0.15, 0.2) is 52.4 Å². The number of carbonyl (C=O) groups is 2. The number of nitrogens with zero attached hydrogens (tertiary/aromatic N) is 2. The molecule has 8 nitrogen and oxygen atoms in total. The molecule has 3 rings (SSSR count). The average Bonchev–Trinajstić information content (AvgIpc) is 3.08. The van der Waals surface area contributed by atoms with Gasteiger partial charge in [0, 0.05) is 6.42 Å². The maximum absolute atomic E-state index is 13.6. The Kier molecular flexibility index (Phi) is 6.86. The number of hydrogen-bond donors (Lipinski definition) is 0. The van der Waals surface area contributed by atoms with Gasteiger partial charge >= 0.3 is 5.97 Å². The number of halogens is 1. The van der Waals surface area contributed by atoms with E-state index in [4.69, 9.17) is 4.74 Å². The fraction of sp³-hybridized carbons (Fsp3) is 0.250. The molecule has 0 unspecified atom stereocenters. The molecule has 1 heterocycles. The van der Waals surface area contributed by atoms with Crippen LogP contribution in [0.3, 0.4) is 0 Å². The lowest BCUT2D eigenvalue weighted by molar-refractivity contribution is -0.141. The molecule has 0 fully saturated rings. The molecule has 11 heteroatoms. The van der Waals surface area contributed by atoms with Crippen molar-refractivity contribution in [1.29, 1.82) is 0 Å². The molecule has 0 saturated heterocycles. The van der Waals surface area contributed by atoms with Crippen LogP contribution in [0.5, 0.6) is 5.75 Å². The standard InChI is InChI=1S/C20H19FN2O6S2/c1-28-14-4-6-15(7-5-14)31(26,27)10-9-18(24)22-20-23(12-19(25)29-2)16-8-3-13(21)11-17(16)30-20/h3-8,11H,9-10,12H2,1-2H3. The summed E-state index contributed by atoms with van der Waals surface area (Å²) in [6.07, 6.45) is -0.352. The minimum Gasteiger partial charge on any atom is -0.497 e. The van der Waals surface area contributed by atoms with Crippen molar-refractivity contribution in [2.24, 2.45) is 4.99 Å². The average molecular weight is 467 g/mol. The van der Waals surface area contributed by atoms with Crippen LogP contribution < -0.4 is 9.54 Å². The van der Waals surface area contributed by atoms with Gasteiger partial charge in [0.25, 0.3) is 0 Å². The number of esters is 1. The summed E-state index contributed by atoms with van der Waals surface area (Å²) in [6.45, 7) is -0.224. The van der Waals surface area contributed by atoms with Gasteiger partial charge < -0.3 is 14.0 Å². The van der Waals surface area contributed by atoms with E-state index in [1.807, 2.05) is 0 Å². The monoisotopic (exact) mass is 466 g/mol. The van der Waals surface area contributed by atoms with Crippen molar-refractivity contribution < 1.29 is 31.9 Å². The Hall–Kier alpha value is -3.05. The van der Waals surface area contributed by atoms with Crippen LogP contribution in [-0.4, -0.2) is 44.8 Å². The van der Waals surface area contributed by atoms with Crippen molar-refractivity contribution in [2.45, 2.75) is 17.9 Å². The second-order valence-corrected chi connectivity index (χ2v) is 9.53. The van der Waals surface area contributed by atoms with Gasteiger partial charge in [0.1, 0.15) is 18.1 Å². The number of thiazole rings is 1. The SMILES string of the molecule is COC(=O)Cn1c(=NC(=O)CCS(=O)(=O)c2ccc(OC)cc2)sc2cc(F)ccc21. The van der Waals surface area contributed by atoms with Crippen molar-refractivity contribution in [3.63, 3.8) is 0 Å². The van der Waals surface area contributed by atoms with E-state index < -0.39 is 33.3 Å². The highest BCUT2D eigenvalue weighted by Gasteiger charge is 2.17. The van der Waals surface area contributed by atoms with Gasteiger partial charge in [-0.3, -0.25) is 9.59 Å². The maximum atomic E-state index is 13.6. The third-order valence-corrected chi connectivity index (χ3v) is 7.16. The molecule has 0 aliphatic rings. The van der Waals surface area contributed by atoms with E-state index in [0.29, 0.717) is 16.0 Å². The Bertz CT molecular complexity index is 1290. The summed E-state index contributed by atoms with van der Waals surface area (Å²) in [5, 5.41) is 0. The molecule has 0 bridgehead atoms. The lowest BCUT2D eigenvalue weighted by atomic mass is 10.3. The van der Waals surface area contributed by atoms with Gasteiger partial charge in [0.05, 0.1) is 35.1 Å². The van der Waals surface area contributed by atoms with E-state index in [1.165, 1.54) is 61.3 Å². The van der Waals surface area contributed by atoms with Crippen molar-refractivity contribution in [1.82, 2.24) is 4.57 Å². The van der Waals surface area contributed by atoms with Crippen molar-refractivity contribution in [3.05, 3.63) is 53.1 Å². The smallest absolute Gasteiger partial charge is 0.325 e. The maximum Gasteiger partial charge on any atom is 0.325 e. The van der Waals surface area contributed by atoms with Crippen molar-refractivity contribution in [2.75, 3.05) is 20.0 Å². The van der Waals surface area contributed by atoms with Crippen LogP contribution in [-0.2, 0) is 30.7 Å². The number of carbonyl (C=O) groups excluding carboxylic acids is 2. The third-order valence-electron chi connectivity index (χ3n) is 4.38. The predicted octanol–water partition coefficient (Wildman–Crippen LogP) is 2.31. The lowest BCUT2D eigenvalue weighted by Gasteiger charge is -2.05. The fourth-order valence-corrected chi connectivity index (χ4v) is 5.07. The van der Waals surface area contributed by atoms with Crippen LogP contribution in [0.4, 0.5) is 4.39 Å². The van der Waals surface area contributed by atoms with Gasteiger partial charge in [-0.05, 0) is 42.5 Å². The Morgan fingerprint density at radius 3 is 2.48 bits per heavy atom. The topological polar surface area (TPSA) is 104 Å². The quantitative estimate of drug-likeness (QED) is 0.495. The summed E-state index contributed by atoms with van der Waals surface area (Å²) >= 11 is 1.02. The molecular formula is C20H19FN2O6S2. The number of hydrogen-bond acceptors (Lipinski definition) is 7. The van der Waals surface area contributed by atoms with Crippen molar-refractivity contribution >= 4 is 43.3 Å². The second-order valence-electron chi connectivity index (χ2n) is 6.41. The van der Waals surface area contributed by atoms with Gasteiger partial charge in [0.2, 0.25) is 5.91 Å². The first-order valence-electron chi connectivity index (χ1n) is 9.03. The van der Waals surface area contributed by atoms with Crippen LogP contribution in [0.2, 0.25) is 0 Å². The zero-order valence-electron chi connectivity index (χ0n) is 16.7. The minimum atomic E-state index is -3.70. The molecule has 0 saturated carbocycles. The number of rotatable bonds is 7. The first-order chi connectivity index (χ1) is 14.7. The second kappa shape index (κ2) is 9.40. The lowest BCUT2D eigenvalue weighted by Crippen LogP contribution is -2.22. The van der Waals surface area contributed by atoms with Gasteiger partial charge in [-0.25, -0.2) is 12.8 Å². The Labute approximate surface area is 181 Å². The zero-order valence-corrected chi connectivity index (χ0v) is 18.3. The van der Waals surface area contributed by atoms with E-state index in [9.17, 15) is 22.4 Å². The summed E-state index contributed by atoms with van der Waals surface area (Å²) in [4.78, 5) is 28.3. The number of methoxy groups -OCH3 is 2. The van der Waals surface area contributed by atoms with Crippen LogP contribution >= 0.6 is 11.3 Å². The normalized spacial score (nSPS) is 12.2. The van der Waals surface area contributed by atoms with Gasteiger partial charge in [-0.1, -0.05) is 11.3 Å². The Morgan fingerprint density at radius 2 is 1.84 bits per heavy atom. The molecule has 0 aliphatic carbocycles. The van der Waals surface area contributed by atoms with E-state index in [1.54, 1.807) is 0 Å². The van der Waals surface area contributed by atoms with E-state index in [2.05, 4.69) is 9.73 Å². The molecule has 2 aromatic carbocycles. The highest BCUT2D eigenvalue weighted by atomic mass is 32.2. The molecule has 1 amide bonds. The highest BCUT2D eigenvalue weighted by molar-refractivity contribution is 7.91. The van der Waals surface area contributed by atoms with Crippen LogP contribution in [0, 0.1) is 5.82 Å². The molecule has 0 aliphatic heterocycles. The number of benzene rings is 2. The summed E-state index contributed by atoms with van der Waals surface area (Å²) in [5.74, 6) is -1.63. The summed E-state index contributed by atoms with van der Waals surface area (Å²) in [6, 6.07) is 9.82. The number of amides is 1. The van der Waals surface area contributed by atoms with E-state index in [0.717, 1.165) is 11.3 Å². The van der Waals surface area contributed by atoms with Gasteiger partial charge in [-0.15, -0.1) is 0 Å². The van der Waals surface area contributed by atoms with Gasteiger partial charge in [0.15, 0.2) is 14.6 Å². The zero-order chi connectivity index (χ0) is 22.6. The van der Waals surface area contributed by atoms with E-state index >= 15 is 0 Å². The first kappa shape index (κ1) is 22.6. The number of aromatic nitrogens is 1. The van der Waals surface area contributed by atoms with Crippen LogP contribution in [0.25, 0.3) is 10.2 Å². The predicted molar refractivity (Wildman–Crippen MR) is 112 cm³/mol. The molecular weight excluding hydrogens is 447 g/mol. The van der Waals surface area contributed by atoms with Gasteiger partial charge in [-0.2, -0.15) is 4.99 Å². The molecule has 3 aromatic rings. The third kappa shape index (κ3) is 5.36. The molecule has 164 valence electrons. The molecule has 0 atom stereocenters. The first-order valence-corrected chi connectivity index (χ1v) is 11.5. The molecule has 0 N–H and O–H groups in total. The fourth-order valence-electron chi connectivity index (χ4n) is 2.76. The molecule has 31 heavy (non-hydrogen) atoms. The van der Waals surface area contributed by atoms with E-state index in [-0.39, 0.29) is 22.7 Å². The highest BCUT2D eigenvalue weighted by Crippen LogP contribution is 2.19. The van der Waals surface area contributed by atoms with Crippen LogP contribution in [0.1, 0.15) is 6.42 Å².